The van der Waals surface area contributed by atoms with E-state index in [2.05, 4.69) is 15.5 Å². The number of hydrogen-bond donors (Lipinski definition) is 2. The highest BCUT2D eigenvalue weighted by atomic mass is 16.5. The molecule has 2 heterocycles. The van der Waals surface area contributed by atoms with E-state index in [0.717, 1.165) is 16.7 Å². The van der Waals surface area contributed by atoms with Crippen LogP contribution in [0.4, 0.5) is 6.01 Å². The van der Waals surface area contributed by atoms with E-state index in [1.54, 1.807) is 28.4 Å². The molecule has 0 amide bonds. The number of rotatable bonds is 7. The molecular formula is C30H31N3O6. The second-order valence-electron chi connectivity index (χ2n) is 10.0. The van der Waals surface area contributed by atoms with Gasteiger partial charge in [0.2, 0.25) is 5.89 Å². The number of aromatic nitrogens is 2. The van der Waals surface area contributed by atoms with Crippen LogP contribution in [0.2, 0.25) is 0 Å². The van der Waals surface area contributed by atoms with Gasteiger partial charge in [-0.3, -0.25) is 0 Å². The fourth-order valence-electron chi connectivity index (χ4n) is 6.68. The van der Waals surface area contributed by atoms with Gasteiger partial charge in [0.05, 0.1) is 38.8 Å². The molecule has 5 atom stereocenters. The van der Waals surface area contributed by atoms with Gasteiger partial charge in [-0.05, 0) is 30.2 Å². The number of benzene rings is 3. The molecule has 1 aliphatic carbocycles. The molecule has 0 spiro atoms. The lowest BCUT2D eigenvalue weighted by atomic mass is 9.64. The summed E-state index contributed by atoms with van der Waals surface area (Å²) in [6.45, 7) is 2.02. The summed E-state index contributed by atoms with van der Waals surface area (Å²) in [5, 5.41) is 23.9. The molecule has 3 aromatic carbocycles. The third kappa shape index (κ3) is 3.35. The summed E-state index contributed by atoms with van der Waals surface area (Å²) in [6.07, 6.45) is -1.00. The molecule has 4 aromatic rings. The van der Waals surface area contributed by atoms with Crippen molar-refractivity contribution in [3.63, 3.8) is 0 Å². The van der Waals surface area contributed by atoms with Crippen molar-refractivity contribution in [2.45, 2.75) is 35.9 Å². The predicted molar refractivity (Wildman–Crippen MR) is 144 cm³/mol. The lowest BCUT2D eigenvalue weighted by Crippen LogP contribution is -2.50. The Balaban J connectivity index is 1.70. The number of methoxy groups -OCH3 is 3. The smallest absolute Gasteiger partial charge is 0.315 e. The zero-order valence-corrected chi connectivity index (χ0v) is 22.5. The van der Waals surface area contributed by atoms with Gasteiger partial charge in [-0.1, -0.05) is 47.6 Å². The maximum Gasteiger partial charge on any atom is 0.315 e. The SMILES string of the molecule is CNc1nnc([C@H]2[C@@H](O)[C@@]3(C)c4c(OC)cc(OC)cc4O[C@@]3(c3ccc(OC)cc3)[C@@H]2c2ccccc2)o1. The van der Waals surface area contributed by atoms with E-state index in [1.165, 1.54) is 0 Å². The van der Waals surface area contributed by atoms with E-state index in [1.807, 2.05) is 73.7 Å². The topological polar surface area (TPSA) is 108 Å². The number of nitrogens with zero attached hydrogens (tertiary/aromatic N) is 2. The molecule has 2 N–H and O–H groups in total. The van der Waals surface area contributed by atoms with Crippen molar-refractivity contribution in [3.05, 3.63) is 89.3 Å². The van der Waals surface area contributed by atoms with Crippen molar-refractivity contribution in [1.29, 1.82) is 0 Å². The van der Waals surface area contributed by atoms with Crippen LogP contribution < -0.4 is 24.3 Å². The zero-order valence-electron chi connectivity index (χ0n) is 22.5. The molecule has 6 rings (SSSR count). The van der Waals surface area contributed by atoms with Gasteiger partial charge in [0.1, 0.15) is 23.0 Å². The highest BCUT2D eigenvalue weighted by Crippen LogP contribution is 2.72. The van der Waals surface area contributed by atoms with Gasteiger partial charge in [0.25, 0.3) is 0 Å². The van der Waals surface area contributed by atoms with E-state index >= 15 is 0 Å². The van der Waals surface area contributed by atoms with Crippen LogP contribution in [0.25, 0.3) is 0 Å². The van der Waals surface area contributed by atoms with Gasteiger partial charge in [-0.15, -0.1) is 5.10 Å². The Bertz CT molecular complexity index is 1490. The molecule has 0 saturated heterocycles. The Morgan fingerprint density at radius 3 is 2.23 bits per heavy atom. The Kier molecular flexibility index (Phi) is 5.91. The van der Waals surface area contributed by atoms with Gasteiger partial charge >= 0.3 is 6.01 Å². The van der Waals surface area contributed by atoms with E-state index in [9.17, 15) is 5.11 Å². The van der Waals surface area contributed by atoms with E-state index in [-0.39, 0.29) is 6.01 Å². The fourth-order valence-corrected chi connectivity index (χ4v) is 6.68. The molecule has 1 aromatic heterocycles. The minimum absolute atomic E-state index is 0.272. The molecule has 202 valence electrons. The minimum atomic E-state index is -1.10. The third-order valence-corrected chi connectivity index (χ3v) is 8.40. The largest absolute Gasteiger partial charge is 0.497 e. The maximum atomic E-state index is 12.5. The number of anilines is 1. The summed E-state index contributed by atoms with van der Waals surface area (Å²) in [7, 11) is 6.55. The fraction of sp³-hybridized carbons (Fsp3) is 0.333. The molecule has 1 aliphatic heterocycles. The summed E-state index contributed by atoms with van der Waals surface area (Å²) >= 11 is 0. The zero-order chi connectivity index (χ0) is 27.4. The van der Waals surface area contributed by atoms with Crippen LogP contribution in [-0.2, 0) is 11.0 Å². The lowest BCUT2D eigenvalue weighted by Gasteiger charge is -2.42. The van der Waals surface area contributed by atoms with Crippen LogP contribution in [0, 0.1) is 0 Å². The first kappa shape index (κ1) is 25.1. The number of aliphatic hydroxyl groups is 1. The average molecular weight is 530 g/mol. The van der Waals surface area contributed by atoms with Crippen molar-refractivity contribution >= 4 is 6.01 Å². The van der Waals surface area contributed by atoms with E-state index in [0.29, 0.717) is 28.9 Å². The Morgan fingerprint density at radius 1 is 0.897 bits per heavy atom. The van der Waals surface area contributed by atoms with E-state index < -0.39 is 29.0 Å². The highest BCUT2D eigenvalue weighted by molar-refractivity contribution is 5.64. The molecule has 0 unspecified atom stereocenters. The Morgan fingerprint density at radius 2 is 1.62 bits per heavy atom. The van der Waals surface area contributed by atoms with Gasteiger partial charge in [0, 0.05) is 30.7 Å². The normalized spacial score (nSPS) is 26.9. The molecule has 9 nitrogen and oxygen atoms in total. The van der Waals surface area contributed by atoms with Crippen molar-refractivity contribution in [2.75, 3.05) is 33.7 Å². The van der Waals surface area contributed by atoms with E-state index in [4.69, 9.17) is 23.4 Å². The standard InChI is InChI=1S/C30H31N3O6/c1-29-25-21(37-5)15-20(36-4)16-22(25)39-30(29,18-11-13-19(35-3)14-12-18)24(17-9-7-6-8-10-17)23(26(29)34)27-32-33-28(31-2)38-27/h6-16,23-24,26,34H,1-5H3,(H,31,33)/t23-,24-,26-,29-,30+/m1/s1. The molecule has 9 heteroatoms. The molecular weight excluding hydrogens is 498 g/mol. The first-order valence-corrected chi connectivity index (χ1v) is 12.8. The maximum absolute atomic E-state index is 12.5. The van der Waals surface area contributed by atoms with Gasteiger partial charge in [0.15, 0.2) is 5.60 Å². The van der Waals surface area contributed by atoms with Crippen LogP contribution in [-0.4, -0.2) is 49.8 Å². The molecule has 2 aliphatic rings. The number of ether oxygens (including phenoxy) is 4. The molecule has 1 fully saturated rings. The number of fused-ring (bicyclic) bond motifs is 3. The quantitative estimate of drug-likeness (QED) is 0.354. The summed E-state index contributed by atoms with van der Waals surface area (Å²) in [5.74, 6) is 1.75. The average Bonchev–Trinajstić information content (AvgIpc) is 3.61. The first-order chi connectivity index (χ1) is 18.9. The van der Waals surface area contributed by atoms with Gasteiger partial charge in [-0.2, -0.15) is 0 Å². The predicted octanol–water partition coefficient (Wildman–Crippen LogP) is 4.62. The van der Waals surface area contributed by atoms with Crippen molar-refractivity contribution in [3.8, 4) is 23.0 Å². The monoisotopic (exact) mass is 529 g/mol. The first-order valence-electron chi connectivity index (χ1n) is 12.8. The molecule has 0 radical (unpaired) electrons. The Labute approximate surface area is 226 Å². The summed E-state index contributed by atoms with van der Waals surface area (Å²) in [4.78, 5) is 0. The number of nitrogens with one attached hydrogen (secondary N) is 1. The molecule has 1 saturated carbocycles. The summed E-state index contributed by atoms with van der Waals surface area (Å²) in [6, 6.07) is 21.7. The highest BCUT2D eigenvalue weighted by Gasteiger charge is 2.75. The minimum Gasteiger partial charge on any atom is -0.497 e. The van der Waals surface area contributed by atoms with Crippen LogP contribution >= 0.6 is 0 Å². The van der Waals surface area contributed by atoms with Crippen molar-refractivity contribution in [2.24, 2.45) is 0 Å². The number of hydrogen-bond acceptors (Lipinski definition) is 9. The van der Waals surface area contributed by atoms with Gasteiger partial charge in [-0.25, -0.2) is 0 Å². The van der Waals surface area contributed by atoms with Crippen LogP contribution in [0.3, 0.4) is 0 Å². The van der Waals surface area contributed by atoms with Crippen LogP contribution in [0.1, 0.15) is 41.3 Å². The van der Waals surface area contributed by atoms with Crippen molar-refractivity contribution < 1.29 is 28.5 Å². The van der Waals surface area contributed by atoms with Crippen LogP contribution in [0.5, 0.6) is 23.0 Å². The molecule has 39 heavy (non-hydrogen) atoms. The number of aliphatic hydroxyl groups excluding tert-OH is 1. The lowest BCUT2D eigenvalue weighted by molar-refractivity contribution is -0.00633. The van der Waals surface area contributed by atoms with Crippen molar-refractivity contribution in [1.82, 2.24) is 10.2 Å². The third-order valence-electron chi connectivity index (χ3n) is 8.40. The summed E-state index contributed by atoms with van der Waals surface area (Å²) < 4.78 is 30.1. The second-order valence-corrected chi connectivity index (χ2v) is 10.0. The Hall–Kier alpha value is -4.24. The van der Waals surface area contributed by atoms with Gasteiger partial charge < -0.3 is 33.8 Å². The molecule has 0 bridgehead atoms. The second kappa shape index (κ2) is 9.20. The summed E-state index contributed by atoms with van der Waals surface area (Å²) in [5.41, 5.74) is 0.483. The van der Waals surface area contributed by atoms with Crippen LogP contribution in [0.15, 0.2) is 71.1 Å².